The zero-order valence-electron chi connectivity index (χ0n) is 12.5. The predicted octanol–water partition coefficient (Wildman–Crippen LogP) is 6.05. The highest BCUT2D eigenvalue weighted by Gasteiger charge is 2.38. The molecule has 0 aliphatic rings. The van der Waals surface area contributed by atoms with Crippen LogP contribution in [-0.4, -0.2) is 13.3 Å². The number of benzene rings is 1. The van der Waals surface area contributed by atoms with Crippen LogP contribution in [0.3, 0.4) is 0 Å². The molecule has 20 heavy (non-hydrogen) atoms. The number of thiazole rings is 1. The van der Waals surface area contributed by atoms with Gasteiger partial charge < -0.3 is 4.43 Å². The molecule has 0 aliphatic carbocycles. The summed E-state index contributed by atoms with van der Waals surface area (Å²) in [6, 6.07) is 6.18. The number of hydrogen-bond acceptors (Lipinski definition) is 3. The summed E-state index contributed by atoms with van der Waals surface area (Å²) in [5, 5.41) is 1.21. The summed E-state index contributed by atoms with van der Waals surface area (Å²) in [5.41, 5.74) is 1.03. The minimum Gasteiger partial charge on any atom is -0.543 e. The van der Waals surface area contributed by atoms with Crippen molar-refractivity contribution in [1.29, 1.82) is 0 Å². The molecule has 0 unspecified atom stereocenters. The van der Waals surface area contributed by atoms with Gasteiger partial charge in [-0.3, -0.25) is 0 Å². The lowest BCUT2D eigenvalue weighted by atomic mass is 10.2. The summed E-state index contributed by atoms with van der Waals surface area (Å²) in [6.45, 7) is 11.3. The van der Waals surface area contributed by atoms with E-state index in [1.807, 2.05) is 23.2 Å². The van der Waals surface area contributed by atoms with Crippen molar-refractivity contribution in [3.63, 3.8) is 0 Å². The molecule has 0 radical (unpaired) electrons. The molecule has 0 amide bonds. The number of halogens is 1. The third-order valence-corrected chi connectivity index (χ3v) is 9.37. The highest BCUT2D eigenvalue weighted by atomic mass is 79.9. The molecule has 0 spiro atoms. The van der Waals surface area contributed by atoms with Gasteiger partial charge in [0.15, 0.2) is 0 Å². The van der Waals surface area contributed by atoms with Crippen LogP contribution in [-0.2, 0) is 0 Å². The van der Waals surface area contributed by atoms with Gasteiger partial charge in [0, 0.05) is 0 Å². The summed E-state index contributed by atoms with van der Waals surface area (Å²) >= 11 is 4.96. The zero-order valence-corrected chi connectivity index (χ0v) is 15.9. The second kappa shape index (κ2) is 5.62. The first-order valence-electron chi connectivity index (χ1n) is 6.59. The minimum absolute atomic E-state index is 0.208. The number of nitrogens with zero attached hydrogens (tertiary/aromatic N) is 1. The molecule has 0 atom stereocenters. The molecule has 2 rings (SSSR count). The van der Waals surface area contributed by atoms with Gasteiger partial charge in [0.2, 0.25) is 8.32 Å². The molecule has 0 N–H and O–H groups in total. The molecule has 0 bridgehead atoms. The van der Waals surface area contributed by atoms with Gasteiger partial charge in [-0.2, -0.15) is 0 Å². The van der Waals surface area contributed by atoms with Crippen LogP contribution in [0.5, 0.6) is 5.75 Å². The van der Waals surface area contributed by atoms with Crippen molar-refractivity contribution in [1.82, 2.24) is 4.98 Å². The molecule has 5 heteroatoms. The summed E-state index contributed by atoms with van der Waals surface area (Å²) in [6.07, 6.45) is 1.96. The fourth-order valence-corrected chi connectivity index (χ4v) is 3.91. The van der Waals surface area contributed by atoms with Crippen LogP contribution in [0.15, 0.2) is 23.2 Å². The van der Waals surface area contributed by atoms with Crippen LogP contribution in [0.4, 0.5) is 0 Å². The van der Waals surface area contributed by atoms with Crippen molar-refractivity contribution in [3.8, 4) is 5.75 Å². The van der Waals surface area contributed by atoms with E-state index >= 15 is 0 Å². The van der Waals surface area contributed by atoms with Crippen molar-refractivity contribution in [2.24, 2.45) is 0 Å². The van der Waals surface area contributed by atoms with Gasteiger partial charge in [0.25, 0.3) is 0 Å². The van der Waals surface area contributed by atoms with Gasteiger partial charge in [-0.05, 0) is 47.4 Å². The summed E-state index contributed by atoms with van der Waals surface area (Å²) in [5.74, 6) is 0.960. The topological polar surface area (TPSA) is 22.1 Å². The van der Waals surface area contributed by atoms with Crippen molar-refractivity contribution < 1.29 is 4.43 Å². The first-order chi connectivity index (χ1) is 9.23. The van der Waals surface area contributed by atoms with E-state index in [9.17, 15) is 0 Å². The number of aromatic nitrogens is 1. The van der Waals surface area contributed by atoms with Gasteiger partial charge in [-0.25, -0.2) is 4.98 Å². The summed E-state index contributed by atoms with van der Waals surface area (Å²) in [7, 11) is -1.78. The Morgan fingerprint density at radius 1 is 1.30 bits per heavy atom. The monoisotopic (exact) mass is 369 g/mol. The molecule has 1 aromatic carbocycles. The lowest BCUT2D eigenvalue weighted by Crippen LogP contribution is -2.43. The SMILES string of the molecule is CC(C)(C)[Si](C)(C)Oc1ccc2nc(/C=C/Br)sc2c1. The molecule has 108 valence electrons. The largest absolute Gasteiger partial charge is 0.543 e. The predicted molar refractivity (Wildman–Crippen MR) is 95.4 cm³/mol. The minimum atomic E-state index is -1.78. The normalized spacial score (nSPS) is 13.3. The lowest BCUT2D eigenvalue weighted by molar-refractivity contribution is 0.493. The van der Waals surface area contributed by atoms with Crippen LogP contribution >= 0.6 is 27.3 Å². The Kier molecular flexibility index (Phi) is 4.42. The van der Waals surface area contributed by atoms with Gasteiger partial charge in [0.05, 0.1) is 10.2 Å². The Morgan fingerprint density at radius 2 is 2.00 bits per heavy atom. The van der Waals surface area contributed by atoms with Gasteiger partial charge in [-0.15, -0.1) is 11.3 Å². The van der Waals surface area contributed by atoms with Crippen molar-refractivity contribution in [2.75, 3.05) is 0 Å². The molecular weight excluding hydrogens is 350 g/mol. The number of fused-ring (bicyclic) bond motifs is 1. The molecule has 2 aromatic rings. The maximum Gasteiger partial charge on any atom is 0.250 e. The van der Waals surface area contributed by atoms with E-state index in [1.54, 1.807) is 11.3 Å². The van der Waals surface area contributed by atoms with Crippen molar-refractivity contribution in [2.45, 2.75) is 38.9 Å². The van der Waals surface area contributed by atoms with Crippen molar-refractivity contribution >= 4 is 51.9 Å². The van der Waals surface area contributed by atoms with Crippen LogP contribution in [0, 0.1) is 0 Å². The van der Waals surface area contributed by atoms with Crippen LogP contribution in [0.1, 0.15) is 25.8 Å². The maximum atomic E-state index is 6.33. The lowest BCUT2D eigenvalue weighted by Gasteiger charge is -2.36. The molecule has 0 fully saturated rings. The molecule has 0 aliphatic heterocycles. The smallest absolute Gasteiger partial charge is 0.250 e. The molecule has 1 aromatic heterocycles. The summed E-state index contributed by atoms with van der Waals surface area (Å²) in [4.78, 5) is 6.38. The van der Waals surface area contributed by atoms with Crippen LogP contribution in [0.25, 0.3) is 16.3 Å². The van der Waals surface area contributed by atoms with E-state index in [2.05, 4.69) is 60.8 Å². The average Bonchev–Trinajstić information content (AvgIpc) is 2.69. The van der Waals surface area contributed by atoms with E-state index < -0.39 is 8.32 Å². The van der Waals surface area contributed by atoms with Gasteiger partial charge in [0.1, 0.15) is 10.8 Å². The fraction of sp³-hybridized carbons (Fsp3) is 0.400. The molecule has 0 saturated carbocycles. The Balaban J connectivity index is 2.32. The Hall–Kier alpha value is -0.653. The van der Waals surface area contributed by atoms with Crippen LogP contribution in [0.2, 0.25) is 18.1 Å². The van der Waals surface area contributed by atoms with E-state index in [-0.39, 0.29) is 5.04 Å². The van der Waals surface area contributed by atoms with Gasteiger partial charge in [-0.1, -0.05) is 36.7 Å². The molecule has 0 saturated heterocycles. The highest BCUT2D eigenvalue weighted by molar-refractivity contribution is 9.11. The quantitative estimate of drug-likeness (QED) is 0.614. The van der Waals surface area contributed by atoms with E-state index in [0.29, 0.717) is 0 Å². The van der Waals surface area contributed by atoms with E-state index in [4.69, 9.17) is 4.43 Å². The van der Waals surface area contributed by atoms with Gasteiger partial charge >= 0.3 is 0 Å². The Morgan fingerprint density at radius 3 is 2.60 bits per heavy atom. The second-order valence-electron chi connectivity index (χ2n) is 6.34. The number of hydrogen-bond donors (Lipinski definition) is 0. The third kappa shape index (κ3) is 3.32. The van der Waals surface area contributed by atoms with Crippen LogP contribution < -0.4 is 4.43 Å². The average molecular weight is 370 g/mol. The zero-order chi connectivity index (χ0) is 15.0. The fourth-order valence-electron chi connectivity index (χ4n) is 1.56. The molecule has 1 heterocycles. The Labute approximate surface area is 134 Å². The van der Waals surface area contributed by atoms with E-state index in [1.165, 1.54) is 4.70 Å². The Bertz CT molecular complexity index is 643. The molecule has 2 nitrogen and oxygen atoms in total. The number of rotatable bonds is 3. The third-order valence-electron chi connectivity index (χ3n) is 3.76. The molecular formula is C15H20BrNOSSi. The summed E-state index contributed by atoms with van der Waals surface area (Å²) < 4.78 is 7.50. The first kappa shape index (κ1) is 15.7. The van der Waals surface area contributed by atoms with Crippen molar-refractivity contribution in [3.05, 3.63) is 28.2 Å². The highest BCUT2D eigenvalue weighted by Crippen LogP contribution is 2.38. The first-order valence-corrected chi connectivity index (χ1v) is 11.2. The standard InChI is InChI=1S/C15H20BrNOSSi/c1-15(2,3)20(4,5)18-11-6-7-12-13(10-11)19-14(17-12)8-9-16/h6-10H,1-5H3/b9-8+. The van der Waals surface area contributed by atoms with E-state index in [0.717, 1.165) is 16.3 Å². The maximum absolute atomic E-state index is 6.33. The second-order valence-corrected chi connectivity index (χ2v) is 12.7.